The standard InChI is InChI=1S/C13H24N4O2S/c1-5-10(6-2)11-15-16-12(20-11)14-13(19)17(4)8-7-9(3)18/h9-10,18H,5-8H2,1-4H3,(H,14,16,19). The van der Waals surface area contributed by atoms with E-state index < -0.39 is 6.10 Å². The summed E-state index contributed by atoms with van der Waals surface area (Å²) in [5.41, 5.74) is 0. The quantitative estimate of drug-likeness (QED) is 0.811. The normalized spacial score (nSPS) is 12.5. The first-order valence-electron chi connectivity index (χ1n) is 7.01. The highest BCUT2D eigenvalue weighted by Gasteiger charge is 2.16. The van der Waals surface area contributed by atoms with E-state index in [1.807, 2.05) is 0 Å². The number of nitrogens with zero attached hydrogens (tertiary/aromatic N) is 3. The monoisotopic (exact) mass is 300 g/mol. The Labute approximate surface area is 124 Å². The molecule has 0 radical (unpaired) electrons. The third-order valence-electron chi connectivity index (χ3n) is 3.22. The second-order valence-electron chi connectivity index (χ2n) is 4.95. The van der Waals surface area contributed by atoms with Crippen LogP contribution in [-0.4, -0.2) is 45.9 Å². The van der Waals surface area contributed by atoms with Crippen LogP contribution in [0.5, 0.6) is 0 Å². The van der Waals surface area contributed by atoms with Gasteiger partial charge in [0.15, 0.2) is 0 Å². The summed E-state index contributed by atoms with van der Waals surface area (Å²) in [5.74, 6) is 0.408. The third kappa shape index (κ3) is 5.05. The van der Waals surface area contributed by atoms with Crippen LogP contribution in [0.1, 0.15) is 51.0 Å². The Morgan fingerprint density at radius 3 is 2.60 bits per heavy atom. The van der Waals surface area contributed by atoms with E-state index >= 15 is 0 Å². The summed E-state index contributed by atoms with van der Waals surface area (Å²) in [7, 11) is 1.69. The molecule has 1 atom stereocenters. The molecule has 6 nitrogen and oxygen atoms in total. The van der Waals surface area contributed by atoms with E-state index in [1.54, 1.807) is 14.0 Å². The van der Waals surface area contributed by atoms with Gasteiger partial charge in [0.2, 0.25) is 5.13 Å². The first-order chi connectivity index (χ1) is 9.47. The van der Waals surface area contributed by atoms with Crippen molar-refractivity contribution in [3.05, 3.63) is 5.01 Å². The van der Waals surface area contributed by atoms with E-state index in [4.69, 9.17) is 0 Å². The number of aliphatic hydroxyl groups excluding tert-OH is 1. The van der Waals surface area contributed by atoms with Gasteiger partial charge < -0.3 is 10.0 Å². The summed E-state index contributed by atoms with van der Waals surface area (Å²) in [6, 6.07) is -0.224. The van der Waals surface area contributed by atoms with Crippen LogP contribution in [0.15, 0.2) is 0 Å². The molecule has 0 saturated heterocycles. The molecule has 0 fully saturated rings. The fraction of sp³-hybridized carbons (Fsp3) is 0.769. The van der Waals surface area contributed by atoms with E-state index in [0.717, 1.165) is 17.8 Å². The van der Waals surface area contributed by atoms with Gasteiger partial charge in [-0.15, -0.1) is 10.2 Å². The van der Waals surface area contributed by atoms with Crippen LogP contribution >= 0.6 is 11.3 Å². The Kier molecular flexibility index (Phi) is 6.87. The van der Waals surface area contributed by atoms with Crippen LogP contribution in [0.3, 0.4) is 0 Å². The first kappa shape index (κ1) is 16.8. The molecule has 114 valence electrons. The number of aromatic nitrogens is 2. The Balaban J connectivity index is 2.54. The predicted octanol–water partition coefficient (Wildman–Crippen LogP) is 2.68. The number of carbonyl (C=O) groups excluding carboxylic acids is 1. The highest BCUT2D eigenvalue weighted by molar-refractivity contribution is 7.15. The molecule has 20 heavy (non-hydrogen) atoms. The lowest BCUT2D eigenvalue weighted by Crippen LogP contribution is -2.33. The van der Waals surface area contributed by atoms with Crippen molar-refractivity contribution >= 4 is 22.5 Å². The van der Waals surface area contributed by atoms with Crippen LogP contribution in [-0.2, 0) is 0 Å². The van der Waals surface area contributed by atoms with Gasteiger partial charge in [-0.3, -0.25) is 5.32 Å². The highest BCUT2D eigenvalue weighted by atomic mass is 32.1. The topological polar surface area (TPSA) is 78.4 Å². The van der Waals surface area contributed by atoms with Crippen LogP contribution in [0.4, 0.5) is 9.93 Å². The number of hydrogen-bond donors (Lipinski definition) is 2. The summed E-state index contributed by atoms with van der Waals surface area (Å²) >= 11 is 1.43. The van der Waals surface area contributed by atoms with Gasteiger partial charge in [-0.25, -0.2) is 4.79 Å². The van der Waals surface area contributed by atoms with Crippen molar-refractivity contribution in [2.75, 3.05) is 18.9 Å². The zero-order chi connectivity index (χ0) is 15.1. The van der Waals surface area contributed by atoms with Crippen molar-refractivity contribution in [3.8, 4) is 0 Å². The number of urea groups is 1. The maximum atomic E-state index is 11.9. The Hall–Kier alpha value is -1.21. The highest BCUT2D eigenvalue weighted by Crippen LogP contribution is 2.28. The van der Waals surface area contributed by atoms with Gasteiger partial charge in [0.05, 0.1) is 6.10 Å². The van der Waals surface area contributed by atoms with Gasteiger partial charge in [-0.1, -0.05) is 25.2 Å². The van der Waals surface area contributed by atoms with Gasteiger partial charge in [-0.05, 0) is 26.2 Å². The van der Waals surface area contributed by atoms with Gasteiger partial charge in [0.1, 0.15) is 5.01 Å². The number of carbonyl (C=O) groups is 1. The fourth-order valence-corrected chi connectivity index (χ4v) is 2.76. The average molecular weight is 300 g/mol. The number of nitrogens with one attached hydrogen (secondary N) is 1. The molecule has 1 unspecified atom stereocenters. The molecule has 1 rings (SSSR count). The van der Waals surface area contributed by atoms with Crippen molar-refractivity contribution < 1.29 is 9.90 Å². The van der Waals surface area contributed by atoms with Gasteiger partial charge in [-0.2, -0.15) is 0 Å². The van der Waals surface area contributed by atoms with E-state index in [-0.39, 0.29) is 6.03 Å². The lowest BCUT2D eigenvalue weighted by atomic mass is 10.1. The zero-order valence-corrected chi connectivity index (χ0v) is 13.4. The smallest absolute Gasteiger partial charge is 0.323 e. The Bertz CT molecular complexity index is 418. The summed E-state index contributed by atoms with van der Waals surface area (Å²) < 4.78 is 0. The lowest BCUT2D eigenvalue weighted by molar-refractivity contribution is 0.167. The summed E-state index contributed by atoms with van der Waals surface area (Å²) in [5, 5.41) is 21.6. The first-order valence-corrected chi connectivity index (χ1v) is 7.83. The molecule has 0 aromatic carbocycles. The minimum absolute atomic E-state index is 0.224. The van der Waals surface area contributed by atoms with Crippen LogP contribution in [0.25, 0.3) is 0 Å². The number of hydrogen-bond acceptors (Lipinski definition) is 5. The van der Waals surface area contributed by atoms with Crippen molar-refractivity contribution in [3.63, 3.8) is 0 Å². The molecule has 0 aliphatic rings. The van der Waals surface area contributed by atoms with E-state index in [0.29, 0.717) is 24.0 Å². The molecule has 7 heteroatoms. The molecule has 0 aliphatic carbocycles. The third-order valence-corrected chi connectivity index (χ3v) is 4.22. The molecule has 1 aromatic rings. The van der Waals surface area contributed by atoms with Crippen LogP contribution in [0.2, 0.25) is 0 Å². The predicted molar refractivity (Wildman–Crippen MR) is 81.2 cm³/mol. The molecule has 2 amide bonds. The van der Waals surface area contributed by atoms with Gasteiger partial charge in [0, 0.05) is 19.5 Å². The molecule has 1 heterocycles. The van der Waals surface area contributed by atoms with E-state index in [2.05, 4.69) is 29.4 Å². The number of amides is 2. The number of aliphatic hydroxyl groups is 1. The molecular weight excluding hydrogens is 276 g/mol. The molecule has 2 N–H and O–H groups in total. The fourth-order valence-electron chi connectivity index (χ4n) is 1.76. The molecule has 0 bridgehead atoms. The van der Waals surface area contributed by atoms with Gasteiger partial charge >= 0.3 is 6.03 Å². The Morgan fingerprint density at radius 2 is 2.05 bits per heavy atom. The minimum atomic E-state index is -0.409. The van der Waals surface area contributed by atoms with Crippen molar-refractivity contribution in [2.45, 2.75) is 52.1 Å². The Morgan fingerprint density at radius 1 is 1.40 bits per heavy atom. The summed E-state index contributed by atoms with van der Waals surface area (Å²) in [4.78, 5) is 13.4. The molecule has 0 aliphatic heterocycles. The SMILES string of the molecule is CCC(CC)c1nnc(NC(=O)N(C)CCC(C)O)s1. The lowest BCUT2D eigenvalue weighted by Gasteiger charge is -2.17. The molecule has 1 aromatic heterocycles. The maximum Gasteiger partial charge on any atom is 0.323 e. The maximum absolute atomic E-state index is 11.9. The van der Waals surface area contributed by atoms with Crippen molar-refractivity contribution in [1.82, 2.24) is 15.1 Å². The second-order valence-corrected chi connectivity index (χ2v) is 5.96. The van der Waals surface area contributed by atoms with Gasteiger partial charge in [0.25, 0.3) is 0 Å². The number of anilines is 1. The molecular formula is C13H24N4O2S. The average Bonchev–Trinajstić information content (AvgIpc) is 2.85. The minimum Gasteiger partial charge on any atom is -0.393 e. The van der Waals surface area contributed by atoms with Crippen LogP contribution < -0.4 is 5.32 Å². The largest absolute Gasteiger partial charge is 0.393 e. The molecule has 0 spiro atoms. The van der Waals surface area contributed by atoms with Crippen molar-refractivity contribution in [1.29, 1.82) is 0 Å². The van der Waals surface area contributed by atoms with E-state index in [1.165, 1.54) is 16.2 Å². The number of rotatable bonds is 7. The second kappa shape index (κ2) is 8.16. The van der Waals surface area contributed by atoms with E-state index in [9.17, 15) is 9.90 Å². The molecule has 0 saturated carbocycles. The zero-order valence-electron chi connectivity index (χ0n) is 12.6. The summed E-state index contributed by atoms with van der Waals surface area (Å²) in [6.45, 7) is 6.45. The van der Waals surface area contributed by atoms with Crippen LogP contribution in [0, 0.1) is 0 Å². The van der Waals surface area contributed by atoms with Crippen molar-refractivity contribution in [2.24, 2.45) is 0 Å². The summed E-state index contributed by atoms with van der Waals surface area (Å²) in [6.07, 6.45) is 2.19.